The van der Waals surface area contributed by atoms with E-state index >= 15 is 0 Å². The maximum atomic E-state index is 11.9. The summed E-state index contributed by atoms with van der Waals surface area (Å²) in [6, 6.07) is 23.2. The Balaban J connectivity index is 1.64. The second kappa shape index (κ2) is 6.56. The summed E-state index contributed by atoms with van der Waals surface area (Å²) in [5, 5.41) is 12.2. The van der Waals surface area contributed by atoms with Crippen LogP contribution in [0.2, 0.25) is 0 Å². The minimum Gasteiger partial charge on any atom is -0.512 e. The fourth-order valence-corrected chi connectivity index (χ4v) is 3.26. The first-order valence-corrected chi connectivity index (χ1v) is 8.44. The van der Waals surface area contributed by atoms with Crippen LogP contribution >= 0.6 is 0 Å². The molecule has 0 spiro atoms. The lowest BCUT2D eigenvalue weighted by molar-refractivity contribution is -0.162. The number of esters is 1. The molecule has 3 aromatic rings. The van der Waals surface area contributed by atoms with E-state index in [4.69, 9.17) is 9.47 Å². The molecule has 0 aliphatic carbocycles. The molecule has 1 heterocycles. The Kier molecular flexibility index (Phi) is 4.09. The number of rotatable bonds is 4. The van der Waals surface area contributed by atoms with Gasteiger partial charge in [0.25, 0.3) is 0 Å². The predicted octanol–water partition coefficient (Wildman–Crippen LogP) is 4.50. The highest BCUT2D eigenvalue weighted by atomic mass is 16.6. The van der Waals surface area contributed by atoms with Crippen LogP contribution in [0, 0.1) is 0 Å². The highest BCUT2D eigenvalue weighted by Gasteiger charge is 2.41. The van der Waals surface area contributed by atoms with Crippen LogP contribution in [-0.4, -0.2) is 17.7 Å². The van der Waals surface area contributed by atoms with Crippen LogP contribution in [0.5, 0.6) is 5.75 Å². The van der Waals surface area contributed by atoms with Gasteiger partial charge in [-0.05, 0) is 28.5 Å². The molecule has 3 aromatic carbocycles. The molecule has 0 bridgehead atoms. The van der Waals surface area contributed by atoms with Crippen molar-refractivity contribution in [1.29, 1.82) is 0 Å². The summed E-state index contributed by atoms with van der Waals surface area (Å²) in [6.07, 6.45) is 1.29. The normalized spacial score (nSPS) is 19.7. The van der Waals surface area contributed by atoms with Crippen LogP contribution in [-0.2, 0) is 15.1 Å². The van der Waals surface area contributed by atoms with Gasteiger partial charge in [-0.3, -0.25) is 0 Å². The standard InChI is InChI=1S/C22H18O4/c23-19-13-21(24)26-22(14-19,18-8-2-1-3-9-18)15-25-20-11-10-16-6-4-5-7-17(16)12-20/h1-13,23H,14-15H2. The lowest BCUT2D eigenvalue weighted by Gasteiger charge is -2.35. The highest BCUT2D eigenvalue weighted by Crippen LogP contribution is 2.36. The number of hydrogen-bond donors (Lipinski definition) is 1. The maximum Gasteiger partial charge on any atom is 0.335 e. The Morgan fingerprint density at radius 3 is 2.46 bits per heavy atom. The Bertz CT molecular complexity index is 978. The van der Waals surface area contributed by atoms with Gasteiger partial charge in [0.05, 0.1) is 12.5 Å². The van der Waals surface area contributed by atoms with Gasteiger partial charge in [0.2, 0.25) is 0 Å². The van der Waals surface area contributed by atoms with Crippen LogP contribution in [0.15, 0.2) is 84.6 Å². The van der Waals surface area contributed by atoms with Gasteiger partial charge in [-0.15, -0.1) is 0 Å². The van der Waals surface area contributed by atoms with E-state index < -0.39 is 11.6 Å². The number of ether oxygens (including phenoxy) is 2. The summed E-state index contributed by atoms with van der Waals surface area (Å²) in [5.41, 5.74) is -0.267. The lowest BCUT2D eigenvalue weighted by atomic mass is 9.88. The second-order valence-electron chi connectivity index (χ2n) is 6.39. The van der Waals surface area contributed by atoms with Crippen molar-refractivity contribution >= 4 is 16.7 Å². The molecule has 1 aliphatic rings. The Hall–Kier alpha value is -3.27. The van der Waals surface area contributed by atoms with Crippen molar-refractivity contribution in [2.24, 2.45) is 0 Å². The smallest absolute Gasteiger partial charge is 0.335 e. The number of fused-ring (bicyclic) bond motifs is 1. The number of benzene rings is 3. The topological polar surface area (TPSA) is 55.8 Å². The van der Waals surface area contributed by atoms with Gasteiger partial charge in [0.15, 0.2) is 5.60 Å². The summed E-state index contributed by atoms with van der Waals surface area (Å²) in [7, 11) is 0. The average molecular weight is 346 g/mol. The fourth-order valence-electron chi connectivity index (χ4n) is 3.26. The van der Waals surface area contributed by atoms with E-state index in [0.29, 0.717) is 5.75 Å². The third-order valence-corrected chi connectivity index (χ3v) is 4.54. The summed E-state index contributed by atoms with van der Waals surface area (Å²) < 4.78 is 11.6. The van der Waals surface area contributed by atoms with Gasteiger partial charge >= 0.3 is 5.97 Å². The van der Waals surface area contributed by atoms with Crippen LogP contribution in [0.25, 0.3) is 10.8 Å². The van der Waals surface area contributed by atoms with E-state index in [-0.39, 0.29) is 18.8 Å². The molecule has 4 rings (SSSR count). The van der Waals surface area contributed by atoms with E-state index in [1.54, 1.807) is 0 Å². The van der Waals surface area contributed by atoms with Crippen molar-refractivity contribution in [2.45, 2.75) is 12.0 Å². The molecular weight excluding hydrogens is 328 g/mol. The molecule has 0 saturated carbocycles. The first kappa shape index (κ1) is 16.2. The van der Waals surface area contributed by atoms with Crippen LogP contribution in [0.3, 0.4) is 0 Å². The van der Waals surface area contributed by atoms with Gasteiger partial charge in [-0.1, -0.05) is 60.7 Å². The molecule has 0 radical (unpaired) electrons. The fraction of sp³-hybridized carbons (Fsp3) is 0.136. The minimum absolute atomic E-state index is 0.00721. The molecule has 4 nitrogen and oxygen atoms in total. The summed E-state index contributed by atoms with van der Waals surface area (Å²) in [6.45, 7) is 0.110. The van der Waals surface area contributed by atoms with Crippen LogP contribution in [0.4, 0.5) is 0 Å². The molecule has 1 N–H and O–H groups in total. The van der Waals surface area contributed by atoms with Crippen LogP contribution in [0.1, 0.15) is 12.0 Å². The van der Waals surface area contributed by atoms with Crippen molar-refractivity contribution in [2.75, 3.05) is 6.61 Å². The zero-order chi connectivity index (χ0) is 18.0. The number of hydrogen-bond acceptors (Lipinski definition) is 4. The van der Waals surface area contributed by atoms with Gasteiger partial charge in [-0.25, -0.2) is 4.79 Å². The lowest BCUT2D eigenvalue weighted by Crippen LogP contribution is -2.41. The quantitative estimate of drug-likeness (QED) is 0.707. The van der Waals surface area contributed by atoms with Crippen molar-refractivity contribution in [1.82, 2.24) is 0 Å². The molecule has 1 aliphatic heterocycles. The third-order valence-electron chi connectivity index (χ3n) is 4.54. The first-order chi connectivity index (χ1) is 12.6. The number of cyclic esters (lactones) is 1. The van der Waals surface area contributed by atoms with Crippen molar-refractivity contribution in [3.63, 3.8) is 0 Å². The predicted molar refractivity (Wildman–Crippen MR) is 99.0 cm³/mol. The molecule has 1 atom stereocenters. The molecular formula is C22H18O4. The molecule has 0 amide bonds. The monoisotopic (exact) mass is 346 g/mol. The average Bonchev–Trinajstić information content (AvgIpc) is 2.66. The number of carbonyl (C=O) groups is 1. The Labute approximate surface area is 151 Å². The highest BCUT2D eigenvalue weighted by molar-refractivity contribution is 5.84. The van der Waals surface area contributed by atoms with Gasteiger partial charge in [0, 0.05) is 0 Å². The number of aliphatic hydroxyl groups excluding tert-OH is 1. The zero-order valence-electron chi connectivity index (χ0n) is 14.1. The third kappa shape index (κ3) is 3.14. The Morgan fingerprint density at radius 2 is 1.69 bits per heavy atom. The van der Waals surface area contributed by atoms with Crippen molar-refractivity contribution < 1.29 is 19.4 Å². The van der Waals surface area contributed by atoms with E-state index in [9.17, 15) is 9.90 Å². The molecule has 26 heavy (non-hydrogen) atoms. The largest absolute Gasteiger partial charge is 0.512 e. The first-order valence-electron chi connectivity index (χ1n) is 8.44. The molecule has 0 aromatic heterocycles. The molecule has 4 heteroatoms. The zero-order valence-corrected chi connectivity index (χ0v) is 14.1. The second-order valence-corrected chi connectivity index (χ2v) is 6.39. The summed E-state index contributed by atoms with van der Waals surface area (Å²) in [4.78, 5) is 11.9. The number of carbonyl (C=O) groups excluding carboxylic acids is 1. The van der Waals surface area contributed by atoms with E-state index in [2.05, 4.69) is 0 Å². The van der Waals surface area contributed by atoms with Crippen molar-refractivity contribution in [3.05, 3.63) is 90.2 Å². The summed E-state index contributed by atoms with van der Waals surface area (Å²) >= 11 is 0. The molecule has 130 valence electrons. The minimum atomic E-state index is -1.05. The van der Waals surface area contributed by atoms with Gasteiger partial charge < -0.3 is 14.6 Å². The van der Waals surface area contributed by atoms with Gasteiger partial charge in [-0.2, -0.15) is 0 Å². The molecule has 0 saturated heterocycles. The summed E-state index contributed by atoms with van der Waals surface area (Å²) in [5.74, 6) is 0.107. The van der Waals surface area contributed by atoms with Crippen molar-refractivity contribution in [3.8, 4) is 5.75 Å². The molecule has 1 unspecified atom stereocenters. The Morgan fingerprint density at radius 1 is 0.962 bits per heavy atom. The maximum absolute atomic E-state index is 11.9. The van der Waals surface area contributed by atoms with E-state index in [1.165, 1.54) is 0 Å². The van der Waals surface area contributed by atoms with Crippen LogP contribution < -0.4 is 4.74 Å². The van der Waals surface area contributed by atoms with E-state index in [0.717, 1.165) is 22.4 Å². The van der Waals surface area contributed by atoms with Gasteiger partial charge in [0.1, 0.15) is 18.1 Å². The number of aliphatic hydroxyl groups is 1. The van der Waals surface area contributed by atoms with E-state index in [1.807, 2.05) is 72.8 Å². The SMILES string of the molecule is O=C1C=C(O)CC(COc2ccc3ccccc3c2)(c2ccccc2)O1. The molecule has 0 fully saturated rings.